The molecular formula is C20H18FN3. The average Bonchev–Trinajstić information content (AvgIpc) is 2.62. The fourth-order valence-corrected chi connectivity index (χ4v) is 3.13. The molecule has 1 N–H and O–H groups in total. The van der Waals surface area contributed by atoms with Crippen LogP contribution in [0.25, 0.3) is 11.3 Å². The average molecular weight is 319 g/mol. The molecule has 0 atom stereocenters. The van der Waals surface area contributed by atoms with Crippen LogP contribution in [0.15, 0.2) is 54.6 Å². The molecule has 0 amide bonds. The maximum absolute atomic E-state index is 13.7. The van der Waals surface area contributed by atoms with Gasteiger partial charge in [-0.1, -0.05) is 42.5 Å². The van der Waals surface area contributed by atoms with Crippen LogP contribution >= 0.6 is 0 Å². The lowest BCUT2D eigenvalue weighted by molar-refractivity contribution is 0.621. The van der Waals surface area contributed by atoms with Crippen molar-refractivity contribution in [3.05, 3.63) is 83.1 Å². The van der Waals surface area contributed by atoms with Crippen molar-refractivity contribution in [2.45, 2.75) is 19.4 Å². The zero-order chi connectivity index (χ0) is 16.4. The molecule has 3 nitrogen and oxygen atoms in total. The summed E-state index contributed by atoms with van der Waals surface area (Å²) in [5, 5.41) is 3.36. The third-order valence-corrected chi connectivity index (χ3v) is 4.28. The van der Waals surface area contributed by atoms with Crippen LogP contribution in [-0.2, 0) is 19.4 Å². The van der Waals surface area contributed by atoms with E-state index in [0.29, 0.717) is 6.42 Å². The molecule has 3 aromatic rings. The van der Waals surface area contributed by atoms with Gasteiger partial charge in [-0.25, -0.2) is 14.4 Å². The predicted molar refractivity (Wildman–Crippen MR) is 92.1 cm³/mol. The van der Waals surface area contributed by atoms with E-state index in [-0.39, 0.29) is 5.82 Å². The topological polar surface area (TPSA) is 37.8 Å². The normalized spacial score (nSPS) is 13.5. The maximum atomic E-state index is 13.7. The largest absolute Gasteiger partial charge is 0.312 e. The number of aromatic nitrogens is 2. The monoisotopic (exact) mass is 319 g/mol. The van der Waals surface area contributed by atoms with E-state index in [1.165, 1.54) is 11.6 Å². The molecule has 0 spiro atoms. The van der Waals surface area contributed by atoms with E-state index >= 15 is 0 Å². The lowest BCUT2D eigenvalue weighted by Crippen LogP contribution is -2.26. The second kappa shape index (κ2) is 6.49. The summed E-state index contributed by atoms with van der Waals surface area (Å²) < 4.78 is 13.7. The summed E-state index contributed by atoms with van der Waals surface area (Å²) in [6, 6.07) is 16.8. The van der Waals surface area contributed by atoms with Crippen LogP contribution in [0.5, 0.6) is 0 Å². The number of nitrogens with one attached hydrogen (secondary N) is 1. The molecule has 24 heavy (non-hydrogen) atoms. The highest BCUT2D eigenvalue weighted by atomic mass is 19.1. The van der Waals surface area contributed by atoms with Gasteiger partial charge in [-0.15, -0.1) is 0 Å². The lowest BCUT2D eigenvalue weighted by Gasteiger charge is -2.20. The maximum Gasteiger partial charge on any atom is 0.133 e. The van der Waals surface area contributed by atoms with Gasteiger partial charge in [-0.05, 0) is 17.7 Å². The van der Waals surface area contributed by atoms with Crippen LogP contribution in [0.4, 0.5) is 4.39 Å². The first kappa shape index (κ1) is 15.0. The molecule has 0 radical (unpaired) electrons. The van der Waals surface area contributed by atoms with Crippen molar-refractivity contribution in [2.75, 3.05) is 6.54 Å². The smallest absolute Gasteiger partial charge is 0.133 e. The van der Waals surface area contributed by atoms with Crippen molar-refractivity contribution in [3.63, 3.8) is 0 Å². The molecule has 4 heteroatoms. The van der Waals surface area contributed by atoms with E-state index in [1.54, 1.807) is 12.1 Å². The van der Waals surface area contributed by atoms with Gasteiger partial charge in [0.1, 0.15) is 11.6 Å². The minimum Gasteiger partial charge on any atom is -0.312 e. The number of halogens is 1. The van der Waals surface area contributed by atoms with E-state index in [2.05, 4.69) is 17.4 Å². The molecule has 0 aliphatic carbocycles. The Morgan fingerprint density at radius 2 is 1.88 bits per heavy atom. The van der Waals surface area contributed by atoms with Gasteiger partial charge >= 0.3 is 0 Å². The van der Waals surface area contributed by atoms with Gasteiger partial charge in [0, 0.05) is 37.1 Å². The molecule has 1 aromatic heterocycles. The molecule has 0 saturated heterocycles. The van der Waals surface area contributed by atoms with Gasteiger partial charge in [-0.2, -0.15) is 0 Å². The Labute approximate surface area is 140 Å². The minimum absolute atomic E-state index is 0.242. The van der Waals surface area contributed by atoms with Gasteiger partial charge in [0.05, 0.1) is 11.4 Å². The number of fused-ring (bicyclic) bond motifs is 1. The molecule has 0 bridgehead atoms. The fraction of sp³-hybridized carbons (Fsp3) is 0.200. The van der Waals surface area contributed by atoms with Gasteiger partial charge < -0.3 is 5.32 Å². The third kappa shape index (κ3) is 3.05. The molecular weight excluding hydrogens is 301 g/mol. The summed E-state index contributed by atoms with van der Waals surface area (Å²) in [4.78, 5) is 9.55. The Kier molecular flexibility index (Phi) is 4.05. The van der Waals surface area contributed by atoms with Gasteiger partial charge in [0.15, 0.2) is 0 Å². The van der Waals surface area contributed by atoms with Crippen LogP contribution in [0.3, 0.4) is 0 Å². The Bertz CT molecular complexity index is 862. The second-order valence-corrected chi connectivity index (χ2v) is 6.01. The number of benzene rings is 2. The molecule has 120 valence electrons. The van der Waals surface area contributed by atoms with Crippen molar-refractivity contribution in [2.24, 2.45) is 0 Å². The van der Waals surface area contributed by atoms with Crippen LogP contribution in [-0.4, -0.2) is 16.5 Å². The van der Waals surface area contributed by atoms with Crippen LogP contribution in [0, 0.1) is 5.82 Å². The Morgan fingerprint density at radius 3 is 2.71 bits per heavy atom. The highest BCUT2D eigenvalue weighted by Gasteiger charge is 2.19. The predicted octanol–water partition coefficient (Wildman–Crippen LogP) is 3.52. The van der Waals surface area contributed by atoms with Crippen LogP contribution in [0.2, 0.25) is 0 Å². The first-order chi connectivity index (χ1) is 11.8. The van der Waals surface area contributed by atoms with Crippen molar-refractivity contribution in [1.29, 1.82) is 0 Å². The summed E-state index contributed by atoms with van der Waals surface area (Å²) in [7, 11) is 0. The molecule has 4 rings (SSSR count). The number of nitrogens with zero attached hydrogens (tertiary/aromatic N) is 2. The van der Waals surface area contributed by atoms with Crippen LogP contribution < -0.4 is 5.32 Å². The summed E-state index contributed by atoms with van der Waals surface area (Å²) in [5.41, 5.74) is 5.00. The van der Waals surface area contributed by atoms with E-state index < -0.39 is 0 Å². The summed E-state index contributed by atoms with van der Waals surface area (Å²) in [5.74, 6) is 0.550. The minimum atomic E-state index is -0.242. The Hall–Kier alpha value is -2.59. The summed E-state index contributed by atoms with van der Waals surface area (Å²) in [6.07, 6.45) is 1.56. The molecule has 2 heterocycles. The molecule has 1 aliphatic heterocycles. The zero-order valence-electron chi connectivity index (χ0n) is 13.3. The molecule has 2 aromatic carbocycles. The van der Waals surface area contributed by atoms with Crippen LogP contribution in [0.1, 0.15) is 22.6 Å². The molecule has 0 unspecified atom stereocenters. The molecule has 0 fully saturated rings. The molecule has 1 aliphatic rings. The quantitative estimate of drug-likeness (QED) is 0.803. The first-order valence-corrected chi connectivity index (χ1v) is 8.19. The second-order valence-electron chi connectivity index (χ2n) is 6.01. The number of rotatable bonds is 3. The van der Waals surface area contributed by atoms with E-state index in [9.17, 15) is 4.39 Å². The molecule has 0 saturated carbocycles. The summed E-state index contributed by atoms with van der Waals surface area (Å²) in [6.45, 7) is 1.64. The van der Waals surface area contributed by atoms with Crippen molar-refractivity contribution in [3.8, 4) is 11.3 Å². The Balaban J connectivity index is 1.80. The third-order valence-electron chi connectivity index (χ3n) is 4.28. The summed E-state index contributed by atoms with van der Waals surface area (Å²) >= 11 is 0. The number of hydrogen-bond donors (Lipinski definition) is 1. The first-order valence-electron chi connectivity index (χ1n) is 8.19. The van der Waals surface area contributed by atoms with E-state index in [1.807, 2.05) is 24.3 Å². The van der Waals surface area contributed by atoms with Crippen molar-refractivity contribution in [1.82, 2.24) is 15.3 Å². The number of hydrogen-bond acceptors (Lipinski definition) is 3. The van der Waals surface area contributed by atoms with E-state index in [4.69, 9.17) is 9.97 Å². The van der Waals surface area contributed by atoms with Gasteiger partial charge in [-0.3, -0.25) is 0 Å². The van der Waals surface area contributed by atoms with Gasteiger partial charge in [0.25, 0.3) is 0 Å². The van der Waals surface area contributed by atoms with Crippen molar-refractivity contribution < 1.29 is 4.39 Å². The SMILES string of the molecule is Fc1cccc(-c2nc(Cc3ccccc3)nc3c2CNCC3)c1. The Morgan fingerprint density at radius 1 is 1.00 bits per heavy atom. The van der Waals surface area contributed by atoms with Gasteiger partial charge in [0.2, 0.25) is 0 Å². The zero-order valence-corrected chi connectivity index (χ0v) is 13.3. The standard InChI is InChI=1S/C20H18FN3/c21-16-8-4-7-15(12-16)20-17-13-22-10-9-18(17)23-19(24-20)11-14-5-2-1-3-6-14/h1-8,12,22H,9-11,13H2. The highest BCUT2D eigenvalue weighted by Crippen LogP contribution is 2.27. The van der Waals surface area contributed by atoms with Crippen molar-refractivity contribution >= 4 is 0 Å². The highest BCUT2D eigenvalue weighted by molar-refractivity contribution is 5.64. The lowest BCUT2D eigenvalue weighted by atomic mass is 9.99. The fourth-order valence-electron chi connectivity index (χ4n) is 3.13. The van der Waals surface area contributed by atoms with E-state index in [0.717, 1.165) is 47.8 Å².